The number of halogens is 4. The van der Waals surface area contributed by atoms with Crippen molar-refractivity contribution in [1.82, 2.24) is 9.47 Å². The minimum absolute atomic E-state index is 0.0582. The van der Waals surface area contributed by atoms with Gasteiger partial charge in [-0.15, -0.1) is 0 Å². The molecule has 9 heteroatoms. The van der Waals surface area contributed by atoms with Crippen LogP contribution in [-0.2, 0) is 18.0 Å². The predicted octanol–water partition coefficient (Wildman–Crippen LogP) is 4.56. The molecule has 0 saturated heterocycles. The molecule has 0 unspecified atom stereocenters. The number of anilines is 1. The third-order valence-electron chi connectivity index (χ3n) is 4.45. The lowest BCUT2D eigenvalue weighted by Crippen LogP contribution is -2.35. The first kappa shape index (κ1) is 20.7. The van der Waals surface area contributed by atoms with Gasteiger partial charge in [-0.25, -0.2) is 0 Å². The van der Waals surface area contributed by atoms with Crippen LogP contribution in [0.4, 0.5) is 18.9 Å². The van der Waals surface area contributed by atoms with Gasteiger partial charge in [0.2, 0.25) is 5.91 Å². The van der Waals surface area contributed by atoms with E-state index in [1.54, 1.807) is 17.7 Å². The van der Waals surface area contributed by atoms with E-state index >= 15 is 0 Å². The second-order valence-corrected chi connectivity index (χ2v) is 6.96. The van der Waals surface area contributed by atoms with Crippen LogP contribution in [0.3, 0.4) is 0 Å². The minimum atomic E-state index is -4.64. The molecule has 1 N–H and O–H groups in total. The number of carbonyl (C=O) groups excluding carboxylic acids is 2. The van der Waals surface area contributed by atoms with Crippen LogP contribution in [0, 0.1) is 0 Å². The molecule has 0 aliphatic heterocycles. The Morgan fingerprint density at radius 3 is 2.48 bits per heavy atom. The van der Waals surface area contributed by atoms with Gasteiger partial charge >= 0.3 is 6.18 Å². The summed E-state index contributed by atoms with van der Waals surface area (Å²) in [6, 6.07) is 12.3. The smallest absolute Gasteiger partial charge is 0.340 e. The van der Waals surface area contributed by atoms with Gasteiger partial charge in [0.15, 0.2) is 0 Å². The Kier molecular flexibility index (Phi) is 5.57. The van der Waals surface area contributed by atoms with Crippen LogP contribution >= 0.6 is 11.6 Å². The molecule has 3 rings (SSSR count). The van der Waals surface area contributed by atoms with Crippen LogP contribution < -0.4 is 5.32 Å². The van der Waals surface area contributed by atoms with Crippen LogP contribution in [0.2, 0.25) is 5.02 Å². The van der Waals surface area contributed by atoms with Crippen molar-refractivity contribution in [3.05, 3.63) is 64.8 Å². The zero-order chi connectivity index (χ0) is 21.3. The number of fused-ring (bicyclic) bond motifs is 1. The molecule has 0 radical (unpaired) electrons. The predicted molar refractivity (Wildman–Crippen MR) is 105 cm³/mol. The highest BCUT2D eigenvalue weighted by Crippen LogP contribution is 2.36. The Hall–Kier alpha value is -3.00. The Morgan fingerprint density at radius 2 is 1.83 bits per heavy atom. The van der Waals surface area contributed by atoms with Crippen molar-refractivity contribution >= 4 is 40.0 Å². The summed E-state index contributed by atoms with van der Waals surface area (Å²) in [4.78, 5) is 26.1. The molecular weight excluding hydrogens is 407 g/mol. The third-order valence-corrected chi connectivity index (χ3v) is 4.78. The fourth-order valence-corrected chi connectivity index (χ4v) is 3.22. The monoisotopic (exact) mass is 423 g/mol. The van der Waals surface area contributed by atoms with Gasteiger partial charge in [0.1, 0.15) is 5.69 Å². The number of nitrogens with one attached hydrogen (secondary N) is 1. The van der Waals surface area contributed by atoms with E-state index in [2.05, 4.69) is 5.32 Å². The van der Waals surface area contributed by atoms with E-state index in [0.717, 1.165) is 23.0 Å². The number of aryl methyl sites for hydroxylation is 1. The molecule has 1 aromatic heterocycles. The molecular formula is C20H17ClF3N3O2. The van der Waals surface area contributed by atoms with Gasteiger partial charge in [-0.05, 0) is 30.3 Å². The average Bonchev–Trinajstić information content (AvgIpc) is 2.98. The molecule has 5 nitrogen and oxygen atoms in total. The molecule has 1 heterocycles. The van der Waals surface area contributed by atoms with E-state index in [1.165, 1.54) is 18.0 Å². The van der Waals surface area contributed by atoms with Gasteiger partial charge in [-0.1, -0.05) is 29.8 Å². The number of carbonyl (C=O) groups is 2. The van der Waals surface area contributed by atoms with E-state index in [9.17, 15) is 22.8 Å². The molecule has 0 aliphatic carbocycles. The Labute approximate surface area is 169 Å². The lowest BCUT2D eigenvalue weighted by atomic mass is 10.2. The molecule has 29 heavy (non-hydrogen) atoms. The second-order valence-electron chi connectivity index (χ2n) is 6.55. The number of hydrogen-bond acceptors (Lipinski definition) is 2. The van der Waals surface area contributed by atoms with E-state index < -0.39 is 22.7 Å². The number of rotatable bonds is 4. The number of nitrogens with zero attached hydrogens (tertiary/aromatic N) is 2. The van der Waals surface area contributed by atoms with Gasteiger partial charge < -0.3 is 14.8 Å². The summed E-state index contributed by atoms with van der Waals surface area (Å²) in [7, 11) is 3.19. The van der Waals surface area contributed by atoms with Crippen molar-refractivity contribution in [2.75, 3.05) is 18.9 Å². The fraction of sp³-hybridized carbons (Fsp3) is 0.200. The van der Waals surface area contributed by atoms with Crippen molar-refractivity contribution in [2.24, 2.45) is 7.05 Å². The summed E-state index contributed by atoms with van der Waals surface area (Å²) >= 11 is 5.57. The highest BCUT2D eigenvalue weighted by atomic mass is 35.5. The van der Waals surface area contributed by atoms with E-state index in [0.29, 0.717) is 5.69 Å². The Balaban J connectivity index is 1.72. The van der Waals surface area contributed by atoms with E-state index in [-0.39, 0.29) is 18.1 Å². The van der Waals surface area contributed by atoms with Crippen molar-refractivity contribution in [3.63, 3.8) is 0 Å². The second kappa shape index (κ2) is 7.79. The lowest BCUT2D eigenvalue weighted by molar-refractivity contribution is -0.137. The molecule has 0 fully saturated rings. The number of alkyl halides is 3. The first-order valence-corrected chi connectivity index (χ1v) is 8.92. The molecule has 0 spiro atoms. The van der Waals surface area contributed by atoms with Crippen LogP contribution in [-0.4, -0.2) is 34.9 Å². The highest BCUT2D eigenvalue weighted by molar-refractivity contribution is 6.31. The van der Waals surface area contributed by atoms with Crippen molar-refractivity contribution in [2.45, 2.75) is 6.18 Å². The summed E-state index contributed by atoms with van der Waals surface area (Å²) < 4.78 is 40.6. The van der Waals surface area contributed by atoms with Crippen molar-refractivity contribution < 1.29 is 22.8 Å². The summed E-state index contributed by atoms with van der Waals surface area (Å²) in [5.74, 6) is -1.01. The fourth-order valence-electron chi connectivity index (χ4n) is 3.00. The minimum Gasteiger partial charge on any atom is -0.340 e. The quantitative estimate of drug-likeness (QED) is 0.668. The maximum Gasteiger partial charge on any atom is 0.417 e. The molecule has 2 amide bonds. The first-order valence-electron chi connectivity index (χ1n) is 8.54. The number of para-hydroxylation sites is 1. The van der Waals surface area contributed by atoms with Crippen LogP contribution in [0.15, 0.2) is 48.5 Å². The van der Waals surface area contributed by atoms with Crippen molar-refractivity contribution in [1.29, 1.82) is 0 Å². The van der Waals surface area contributed by atoms with Gasteiger partial charge in [0, 0.05) is 30.7 Å². The Morgan fingerprint density at radius 1 is 1.14 bits per heavy atom. The highest BCUT2D eigenvalue weighted by Gasteiger charge is 2.33. The van der Waals surface area contributed by atoms with Crippen molar-refractivity contribution in [3.8, 4) is 0 Å². The largest absolute Gasteiger partial charge is 0.417 e. The average molecular weight is 424 g/mol. The summed E-state index contributed by atoms with van der Waals surface area (Å²) in [5.41, 5.74) is 0.163. The van der Waals surface area contributed by atoms with Crippen LogP contribution in [0.1, 0.15) is 16.1 Å². The number of hydrogen-bond donors (Lipinski definition) is 1. The number of likely N-dealkylation sites (N-methyl/N-ethyl adjacent to an activating group) is 1. The summed E-state index contributed by atoms with van der Waals surface area (Å²) in [5, 5.41) is 2.79. The molecule has 2 aromatic carbocycles. The molecule has 152 valence electrons. The maximum atomic E-state index is 12.9. The summed E-state index contributed by atoms with van der Waals surface area (Å²) in [6.07, 6.45) is -4.64. The topological polar surface area (TPSA) is 54.3 Å². The molecule has 0 bridgehead atoms. The third kappa shape index (κ3) is 4.37. The number of amides is 2. The van der Waals surface area contributed by atoms with Gasteiger partial charge in [-0.2, -0.15) is 13.2 Å². The molecule has 0 aliphatic rings. The van der Waals surface area contributed by atoms with Gasteiger partial charge in [-0.3, -0.25) is 9.59 Å². The van der Waals surface area contributed by atoms with Gasteiger partial charge in [0.25, 0.3) is 5.91 Å². The maximum absolute atomic E-state index is 12.9. The first-order chi connectivity index (χ1) is 13.6. The van der Waals surface area contributed by atoms with Crippen LogP contribution in [0.25, 0.3) is 10.9 Å². The van der Waals surface area contributed by atoms with Crippen LogP contribution in [0.5, 0.6) is 0 Å². The SMILES string of the molecule is CN(CC(=O)Nc1ccc(Cl)c(C(F)(F)F)c1)C(=O)c1cc2ccccc2n1C. The Bertz CT molecular complexity index is 1090. The number of benzene rings is 2. The summed E-state index contributed by atoms with van der Waals surface area (Å²) in [6.45, 7) is -0.329. The standard InChI is InChI=1S/C20H17ClF3N3O2/c1-26(19(29)17-9-12-5-3-4-6-16(12)27(17)2)11-18(28)25-13-7-8-15(21)14(10-13)20(22,23)24/h3-10H,11H2,1-2H3,(H,25,28). The lowest BCUT2D eigenvalue weighted by Gasteiger charge is -2.18. The molecule has 0 atom stereocenters. The molecule has 0 saturated carbocycles. The zero-order valence-electron chi connectivity index (χ0n) is 15.5. The zero-order valence-corrected chi connectivity index (χ0v) is 16.3. The van der Waals surface area contributed by atoms with E-state index in [1.807, 2.05) is 24.3 Å². The molecule has 3 aromatic rings. The number of aromatic nitrogens is 1. The van der Waals surface area contributed by atoms with E-state index in [4.69, 9.17) is 11.6 Å². The normalized spacial score (nSPS) is 11.5. The van der Waals surface area contributed by atoms with Gasteiger partial charge in [0.05, 0.1) is 17.1 Å².